The molecule has 3 N–H and O–H groups in total. The Labute approximate surface area is 154 Å². The number of thiophene rings is 1. The number of benzene rings is 1. The lowest BCUT2D eigenvalue weighted by Crippen LogP contribution is -2.21. The number of esters is 1. The number of ether oxygens (including phenoxy) is 1. The summed E-state index contributed by atoms with van der Waals surface area (Å²) < 4.78 is 4.86. The minimum absolute atomic E-state index is 0.0367. The Bertz CT molecular complexity index is 826. The number of rotatable bonds is 8. The summed E-state index contributed by atoms with van der Waals surface area (Å²) in [5.74, 6) is -1.83. The van der Waals surface area contributed by atoms with Crippen LogP contribution in [0.4, 0.5) is 5.69 Å². The number of Topliss-reactive ketones (excluding diaryl/α,β-unsaturated/α-hetero) is 1. The number of primary amides is 1. The van der Waals surface area contributed by atoms with Crippen molar-refractivity contribution in [2.75, 3.05) is 11.9 Å². The van der Waals surface area contributed by atoms with Gasteiger partial charge in [0.1, 0.15) is 0 Å². The van der Waals surface area contributed by atoms with Crippen molar-refractivity contribution in [1.82, 2.24) is 0 Å². The second-order valence-corrected chi connectivity index (χ2v) is 6.77. The molecule has 1 heterocycles. The number of carbonyl (C=O) groups is 4. The largest absolute Gasteiger partial charge is 0.456 e. The smallest absolute Gasteiger partial charge is 0.306 e. The molecule has 0 aliphatic rings. The Morgan fingerprint density at radius 2 is 1.73 bits per heavy atom. The molecule has 0 atom stereocenters. The van der Waals surface area contributed by atoms with Crippen LogP contribution in [0, 0.1) is 6.92 Å². The maximum absolute atomic E-state index is 11.9. The highest BCUT2D eigenvalue weighted by Gasteiger charge is 2.13. The Hall–Kier alpha value is -3.00. The first-order valence-electron chi connectivity index (χ1n) is 7.80. The summed E-state index contributed by atoms with van der Waals surface area (Å²) in [5.41, 5.74) is 5.89. The minimum atomic E-state index is -0.620. The second-order valence-electron chi connectivity index (χ2n) is 5.48. The highest BCUT2D eigenvalue weighted by molar-refractivity contribution is 7.14. The average Bonchev–Trinajstić information content (AvgIpc) is 3.05. The molecule has 0 bridgehead atoms. The number of nitrogens with one attached hydrogen (secondary N) is 1. The van der Waals surface area contributed by atoms with Gasteiger partial charge in [0, 0.05) is 22.5 Å². The van der Waals surface area contributed by atoms with Gasteiger partial charge >= 0.3 is 5.97 Å². The third-order valence-electron chi connectivity index (χ3n) is 3.39. The fourth-order valence-corrected chi connectivity index (χ4v) is 2.89. The van der Waals surface area contributed by atoms with Gasteiger partial charge in [-0.2, -0.15) is 0 Å². The standard InChI is InChI=1S/C18H18N2O5S/c1-11-2-8-15(26-11)14(21)7-9-17(23)25-10-16(22)20-13-5-3-12(4-6-13)18(19)24/h2-6,8H,7,9-10H2,1H3,(H2,19,24)(H,20,22). The van der Waals surface area contributed by atoms with Crippen LogP contribution in [-0.4, -0.2) is 30.2 Å². The van der Waals surface area contributed by atoms with E-state index in [2.05, 4.69) is 5.32 Å². The maximum atomic E-state index is 11.9. The molecule has 7 nitrogen and oxygen atoms in total. The molecule has 26 heavy (non-hydrogen) atoms. The third-order valence-corrected chi connectivity index (χ3v) is 4.43. The molecule has 0 saturated carbocycles. The first kappa shape index (κ1) is 19.3. The van der Waals surface area contributed by atoms with Crippen LogP contribution in [0.15, 0.2) is 36.4 Å². The van der Waals surface area contributed by atoms with Gasteiger partial charge in [-0.3, -0.25) is 19.2 Å². The van der Waals surface area contributed by atoms with Crippen LogP contribution in [0.1, 0.15) is 37.7 Å². The quantitative estimate of drug-likeness (QED) is 0.543. The van der Waals surface area contributed by atoms with Gasteiger partial charge in [0.25, 0.3) is 5.91 Å². The molecule has 8 heteroatoms. The molecule has 2 amide bonds. The molecule has 0 aliphatic heterocycles. The Morgan fingerprint density at radius 3 is 2.31 bits per heavy atom. The maximum Gasteiger partial charge on any atom is 0.306 e. The third kappa shape index (κ3) is 5.82. The zero-order chi connectivity index (χ0) is 19.1. The van der Waals surface area contributed by atoms with E-state index in [9.17, 15) is 19.2 Å². The molecule has 136 valence electrons. The molecule has 2 aromatic rings. The molecule has 0 radical (unpaired) electrons. The zero-order valence-electron chi connectivity index (χ0n) is 14.1. The van der Waals surface area contributed by atoms with Crippen molar-refractivity contribution < 1.29 is 23.9 Å². The van der Waals surface area contributed by atoms with Crippen molar-refractivity contribution in [2.45, 2.75) is 19.8 Å². The molecular formula is C18H18N2O5S. The van der Waals surface area contributed by atoms with Gasteiger partial charge in [-0.05, 0) is 43.3 Å². The normalized spacial score (nSPS) is 10.2. The van der Waals surface area contributed by atoms with E-state index in [1.54, 1.807) is 6.07 Å². The van der Waals surface area contributed by atoms with E-state index in [-0.39, 0.29) is 18.6 Å². The van der Waals surface area contributed by atoms with Gasteiger partial charge in [0.2, 0.25) is 5.91 Å². The molecule has 0 aliphatic carbocycles. The van der Waals surface area contributed by atoms with Crippen LogP contribution in [0.5, 0.6) is 0 Å². The number of aryl methyl sites for hydroxylation is 1. The average molecular weight is 374 g/mol. The van der Waals surface area contributed by atoms with Gasteiger partial charge in [0.15, 0.2) is 12.4 Å². The van der Waals surface area contributed by atoms with Crippen LogP contribution in [0.3, 0.4) is 0 Å². The predicted octanol–water partition coefficient (Wildman–Crippen LogP) is 2.30. The molecule has 0 unspecified atom stereocenters. The van der Waals surface area contributed by atoms with Crippen molar-refractivity contribution in [3.63, 3.8) is 0 Å². The molecule has 2 rings (SSSR count). The van der Waals surface area contributed by atoms with Crippen LogP contribution in [0.25, 0.3) is 0 Å². The summed E-state index contributed by atoms with van der Waals surface area (Å²) >= 11 is 1.38. The fourth-order valence-electron chi connectivity index (χ4n) is 2.06. The van der Waals surface area contributed by atoms with E-state index in [1.165, 1.54) is 35.6 Å². The Kier molecular flexibility index (Phi) is 6.62. The van der Waals surface area contributed by atoms with Crippen molar-refractivity contribution in [1.29, 1.82) is 0 Å². The molecule has 0 spiro atoms. The van der Waals surface area contributed by atoms with Gasteiger partial charge in [-0.25, -0.2) is 0 Å². The van der Waals surface area contributed by atoms with E-state index in [1.807, 2.05) is 13.0 Å². The first-order chi connectivity index (χ1) is 12.3. The fraction of sp³-hybridized carbons (Fsp3) is 0.222. The molecule has 1 aromatic carbocycles. The number of amides is 2. The minimum Gasteiger partial charge on any atom is -0.456 e. The van der Waals surface area contributed by atoms with Crippen LogP contribution in [-0.2, 0) is 14.3 Å². The summed E-state index contributed by atoms with van der Waals surface area (Å²) in [4.78, 5) is 47.9. The molecule has 0 fully saturated rings. The van der Waals surface area contributed by atoms with Gasteiger partial charge in [-0.1, -0.05) is 0 Å². The lowest BCUT2D eigenvalue weighted by molar-refractivity contribution is -0.147. The number of nitrogens with two attached hydrogens (primary N) is 1. The van der Waals surface area contributed by atoms with Crippen molar-refractivity contribution in [2.24, 2.45) is 5.73 Å². The predicted molar refractivity (Wildman–Crippen MR) is 97.2 cm³/mol. The number of hydrogen-bond acceptors (Lipinski definition) is 6. The lowest BCUT2D eigenvalue weighted by Gasteiger charge is -2.07. The van der Waals surface area contributed by atoms with Gasteiger partial charge in [-0.15, -0.1) is 11.3 Å². The van der Waals surface area contributed by atoms with Crippen LogP contribution < -0.4 is 11.1 Å². The van der Waals surface area contributed by atoms with Crippen LogP contribution >= 0.6 is 11.3 Å². The summed E-state index contributed by atoms with van der Waals surface area (Å²) in [6, 6.07) is 9.55. The lowest BCUT2D eigenvalue weighted by atomic mass is 10.2. The summed E-state index contributed by atoms with van der Waals surface area (Å²) in [5, 5.41) is 2.52. The summed E-state index contributed by atoms with van der Waals surface area (Å²) in [6.07, 6.45) is -0.0502. The van der Waals surface area contributed by atoms with Crippen molar-refractivity contribution in [3.05, 3.63) is 51.7 Å². The number of ketones is 1. The Balaban J connectivity index is 1.72. The second kappa shape index (κ2) is 8.91. The monoisotopic (exact) mass is 374 g/mol. The number of anilines is 1. The van der Waals surface area contributed by atoms with E-state index < -0.39 is 24.4 Å². The summed E-state index contributed by atoms with van der Waals surface area (Å²) in [6.45, 7) is 1.44. The van der Waals surface area contributed by atoms with Crippen LogP contribution in [0.2, 0.25) is 0 Å². The highest BCUT2D eigenvalue weighted by Crippen LogP contribution is 2.17. The summed E-state index contributed by atoms with van der Waals surface area (Å²) in [7, 11) is 0. The molecular weight excluding hydrogens is 356 g/mol. The zero-order valence-corrected chi connectivity index (χ0v) is 14.9. The van der Waals surface area contributed by atoms with E-state index in [0.29, 0.717) is 16.1 Å². The Morgan fingerprint density at radius 1 is 1.04 bits per heavy atom. The highest BCUT2D eigenvalue weighted by atomic mass is 32.1. The topological polar surface area (TPSA) is 116 Å². The van der Waals surface area contributed by atoms with Gasteiger partial charge < -0.3 is 15.8 Å². The van der Waals surface area contributed by atoms with E-state index in [4.69, 9.17) is 10.5 Å². The van der Waals surface area contributed by atoms with E-state index >= 15 is 0 Å². The van der Waals surface area contributed by atoms with Crippen molar-refractivity contribution in [3.8, 4) is 0 Å². The molecule has 1 aromatic heterocycles. The first-order valence-corrected chi connectivity index (χ1v) is 8.62. The number of carbonyl (C=O) groups excluding carboxylic acids is 4. The van der Waals surface area contributed by atoms with Crippen molar-refractivity contribution >= 4 is 40.6 Å². The molecule has 0 saturated heterocycles. The van der Waals surface area contributed by atoms with E-state index in [0.717, 1.165) is 4.88 Å². The SMILES string of the molecule is Cc1ccc(C(=O)CCC(=O)OCC(=O)Nc2ccc(C(N)=O)cc2)s1. The number of hydrogen-bond donors (Lipinski definition) is 2. The van der Waals surface area contributed by atoms with Gasteiger partial charge in [0.05, 0.1) is 11.3 Å².